The molecule has 0 aliphatic carbocycles. The summed E-state index contributed by atoms with van der Waals surface area (Å²) in [6.45, 7) is 3.42. The molecule has 0 fully saturated rings. The molecule has 1 aromatic rings. The van der Waals surface area contributed by atoms with Gasteiger partial charge in [0.1, 0.15) is 10.2 Å². The van der Waals surface area contributed by atoms with Gasteiger partial charge in [-0.2, -0.15) is 0 Å². The second-order valence-electron chi connectivity index (χ2n) is 2.83. The van der Waals surface area contributed by atoms with E-state index in [2.05, 4.69) is 4.98 Å². The number of nitrogens with one attached hydrogen (secondary N) is 1. The normalized spacial score (nSPS) is 10.8. The monoisotopic (exact) mass is 222 g/mol. The first-order valence-corrected chi connectivity index (χ1v) is 4.40. The second-order valence-corrected chi connectivity index (χ2v) is 3.58. The summed E-state index contributed by atoms with van der Waals surface area (Å²) in [7, 11) is 0. The lowest BCUT2D eigenvalue weighted by molar-refractivity contribution is 0.546. The van der Waals surface area contributed by atoms with Gasteiger partial charge in [-0.3, -0.25) is 14.3 Å². The first kappa shape index (κ1) is 10.3. The number of nitrogens with zero attached hydrogens (tertiary/aromatic N) is 1. The summed E-state index contributed by atoms with van der Waals surface area (Å²) in [5.41, 5.74) is -1.11. The van der Waals surface area contributed by atoms with Crippen molar-refractivity contribution in [1.29, 1.82) is 0 Å². The van der Waals surface area contributed by atoms with Crippen LogP contribution in [0.15, 0.2) is 9.59 Å². The van der Waals surface area contributed by atoms with Gasteiger partial charge in [0.25, 0.3) is 5.56 Å². The van der Waals surface area contributed by atoms with Gasteiger partial charge in [0.2, 0.25) is 0 Å². The third kappa shape index (κ3) is 1.78. The Labute approximate surface area is 84.1 Å². The van der Waals surface area contributed by atoms with Gasteiger partial charge in [0.05, 0.1) is 0 Å². The highest BCUT2D eigenvalue weighted by Crippen LogP contribution is 2.12. The molecule has 72 valence electrons. The van der Waals surface area contributed by atoms with Crippen molar-refractivity contribution in [3.05, 3.63) is 31.0 Å². The van der Waals surface area contributed by atoms with Crippen molar-refractivity contribution in [2.24, 2.45) is 0 Å². The minimum absolute atomic E-state index is 0.117. The number of H-pyrrole nitrogens is 1. The van der Waals surface area contributed by atoms with Crippen LogP contribution in [0.5, 0.6) is 0 Å². The number of aromatic amines is 1. The minimum Gasteiger partial charge on any atom is -0.296 e. The van der Waals surface area contributed by atoms with E-state index in [1.165, 1.54) is 0 Å². The Morgan fingerprint density at radius 2 is 1.85 bits per heavy atom. The quantitative estimate of drug-likeness (QED) is 0.732. The van der Waals surface area contributed by atoms with Crippen molar-refractivity contribution >= 4 is 23.2 Å². The number of hydrogen-bond acceptors (Lipinski definition) is 2. The van der Waals surface area contributed by atoms with Crippen molar-refractivity contribution in [3.8, 4) is 0 Å². The molecular formula is C7H8Cl2N2O2. The Hall–Kier alpha value is -0.740. The smallest absolute Gasteiger partial charge is 0.296 e. The first-order valence-electron chi connectivity index (χ1n) is 3.65. The lowest BCUT2D eigenvalue weighted by Crippen LogP contribution is -2.36. The van der Waals surface area contributed by atoms with E-state index in [0.717, 1.165) is 4.57 Å². The molecule has 0 unspecified atom stereocenters. The van der Waals surface area contributed by atoms with Crippen LogP contribution in [-0.4, -0.2) is 9.55 Å². The average molecular weight is 223 g/mol. The van der Waals surface area contributed by atoms with Crippen molar-refractivity contribution in [2.45, 2.75) is 19.9 Å². The molecule has 0 saturated heterocycles. The number of aromatic nitrogens is 2. The molecule has 0 aliphatic rings. The van der Waals surface area contributed by atoms with Gasteiger partial charge in [0, 0.05) is 6.04 Å². The molecule has 0 bridgehead atoms. The number of halogens is 2. The molecule has 0 radical (unpaired) electrons. The Bertz CT molecular complexity index is 433. The van der Waals surface area contributed by atoms with E-state index < -0.39 is 11.2 Å². The standard InChI is InChI=1S/C7H8Cl2N2O2/c1-3(2)11-6(12)4(8)5(9)10-7(11)13/h3H,1-2H3,(H,10,13). The highest BCUT2D eigenvalue weighted by molar-refractivity contribution is 6.40. The highest BCUT2D eigenvalue weighted by atomic mass is 35.5. The first-order chi connectivity index (χ1) is 5.95. The fraction of sp³-hybridized carbons (Fsp3) is 0.429. The van der Waals surface area contributed by atoms with E-state index in [1.54, 1.807) is 13.8 Å². The Morgan fingerprint density at radius 1 is 1.31 bits per heavy atom. The third-order valence-electron chi connectivity index (χ3n) is 1.55. The average Bonchev–Trinajstić information content (AvgIpc) is 1.99. The summed E-state index contributed by atoms with van der Waals surface area (Å²) in [6, 6.07) is -0.244. The molecular weight excluding hydrogens is 215 g/mol. The van der Waals surface area contributed by atoms with Crippen LogP contribution in [0.2, 0.25) is 10.2 Å². The molecule has 0 atom stereocenters. The van der Waals surface area contributed by atoms with Gasteiger partial charge in [-0.25, -0.2) is 4.79 Å². The van der Waals surface area contributed by atoms with Gasteiger partial charge < -0.3 is 0 Å². The third-order valence-corrected chi connectivity index (χ3v) is 2.28. The summed E-state index contributed by atoms with van der Waals surface area (Å²) in [5, 5.41) is -0.275. The molecule has 0 saturated carbocycles. The molecule has 1 heterocycles. The van der Waals surface area contributed by atoms with Gasteiger partial charge >= 0.3 is 5.69 Å². The largest absolute Gasteiger partial charge is 0.329 e. The second kappa shape index (κ2) is 3.55. The summed E-state index contributed by atoms with van der Waals surface area (Å²) in [6.07, 6.45) is 0. The topological polar surface area (TPSA) is 54.9 Å². The van der Waals surface area contributed by atoms with Crippen molar-refractivity contribution in [3.63, 3.8) is 0 Å². The van der Waals surface area contributed by atoms with Crippen LogP contribution in [0.25, 0.3) is 0 Å². The van der Waals surface area contributed by atoms with Crippen LogP contribution < -0.4 is 11.2 Å². The molecule has 1 N–H and O–H groups in total. The van der Waals surface area contributed by atoms with Crippen LogP contribution in [-0.2, 0) is 0 Å². The Balaban J connectivity index is 3.64. The predicted molar refractivity (Wildman–Crippen MR) is 51.7 cm³/mol. The van der Waals surface area contributed by atoms with E-state index >= 15 is 0 Å². The predicted octanol–water partition coefficient (Wildman–Crippen LogP) is 1.42. The maximum absolute atomic E-state index is 11.4. The summed E-state index contributed by atoms with van der Waals surface area (Å²) in [4.78, 5) is 24.9. The fourth-order valence-corrected chi connectivity index (χ4v) is 1.27. The summed E-state index contributed by atoms with van der Waals surface area (Å²) < 4.78 is 1.01. The number of rotatable bonds is 1. The molecule has 6 heteroatoms. The lowest BCUT2D eigenvalue weighted by atomic mass is 10.4. The van der Waals surface area contributed by atoms with Gasteiger partial charge in [-0.05, 0) is 13.8 Å². The van der Waals surface area contributed by atoms with E-state index in [4.69, 9.17) is 23.2 Å². The summed E-state index contributed by atoms with van der Waals surface area (Å²) >= 11 is 11.1. The molecule has 4 nitrogen and oxygen atoms in total. The van der Waals surface area contributed by atoms with E-state index in [0.29, 0.717) is 0 Å². The Kier molecular flexibility index (Phi) is 2.83. The van der Waals surface area contributed by atoms with Crippen molar-refractivity contribution < 1.29 is 0 Å². The van der Waals surface area contributed by atoms with Crippen LogP contribution in [0.3, 0.4) is 0 Å². The van der Waals surface area contributed by atoms with Gasteiger partial charge in [-0.1, -0.05) is 23.2 Å². The van der Waals surface area contributed by atoms with Gasteiger partial charge in [0.15, 0.2) is 0 Å². The zero-order chi connectivity index (χ0) is 10.2. The molecule has 0 aromatic carbocycles. The maximum Gasteiger partial charge on any atom is 0.329 e. The molecule has 1 aromatic heterocycles. The SMILES string of the molecule is CC(C)n1c(=O)[nH]c(Cl)c(Cl)c1=O. The van der Waals surface area contributed by atoms with Gasteiger partial charge in [-0.15, -0.1) is 0 Å². The van der Waals surface area contributed by atoms with Crippen LogP contribution in [0.1, 0.15) is 19.9 Å². The maximum atomic E-state index is 11.4. The molecule has 13 heavy (non-hydrogen) atoms. The molecule has 0 spiro atoms. The molecule has 0 amide bonds. The van der Waals surface area contributed by atoms with Crippen LogP contribution in [0, 0.1) is 0 Å². The summed E-state index contributed by atoms with van der Waals surface area (Å²) in [5.74, 6) is 0. The minimum atomic E-state index is -0.564. The Morgan fingerprint density at radius 3 is 2.31 bits per heavy atom. The van der Waals surface area contributed by atoms with Crippen LogP contribution >= 0.6 is 23.2 Å². The zero-order valence-electron chi connectivity index (χ0n) is 7.10. The molecule has 1 rings (SSSR count). The molecule has 0 aliphatic heterocycles. The van der Waals surface area contributed by atoms with Crippen LogP contribution in [0.4, 0.5) is 0 Å². The van der Waals surface area contributed by atoms with E-state index in [1.807, 2.05) is 0 Å². The number of hydrogen-bond donors (Lipinski definition) is 1. The van der Waals surface area contributed by atoms with Crippen molar-refractivity contribution in [2.75, 3.05) is 0 Å². The zero-order valence-corrected chi connectivity index (χ0v) is 8.61. The highest BCUT2D eigenvalue weighted by Gasteiger charge is 2.12. The van der Waals surface area contributed by atoms with E-state index in [-0.39, 0.29) is 16.2 Å². The van der Waals surface area contributed by atoms with E-state index in [9.17, 15) is 9.59 Å². The fourth-order valence-electron chi connectivity index (χ4n) is 0.970. The lowest BCUT2D eigenvalue weighted by Gasteiger charge is -2.08. The van der Waals surface area contributed by atoms with Crippen molar-refractivity contribution in [1.82, 2.24) is 9.55 Å².